The van der Waals surface area contributed by atoms with E-state index in [4.69, 9.17) is 10.5 Å². The Kier molecular flexibility index (Phi) is 6.00. The number of benzene rings is 1. The number of nitrogens with two attached hydrogens (primary N) is 1. The van der Waals surface area contributed by atoms with E-state index in [0.717, 1.165) is 25.3 Å². The van der Waals surface area contributed by atoms with Crippen molar-refractivity contribution < 1.29 is 9.53 Å². The molecule has 4 nitrogen and oxygen atoms in total. The number of ether oxygens (including phenoxy) is 1. The summed E-state index contributed by atoms with van der Waals surface area (Å²) in [6, 6.07) is 5.14. The van der Waals surface area contributed by atoms with Crippen LogP contribution in [0.3, 0.4) is 0 Å². The Bertz CT molecular complexity index is 383. The molecule has 1 aromatic rings. The summed E-state index contributed by atoms with van der Waals surface area (Å²) in [5.41, 5.74) is 5.66. The summed E-state index contributed by atoms with van der Waals surface area (Å²) in [6.07, 6.45) is 1.11. The van der Waals surface area contributed by atoms with Gasteiger partial charge in [-0.15, -0.1) is 0 Å². The third-order valence-electron chi connectivity index (χ3n) is 2.18. The van der Waals surface area contributed by atoms with Crippen LogP contribution in [-0.2, 0) is 0 Å². The largest absolute Gasteiger partial charge is 0.492 e. The summed E-state index contributed by atoms with van der Waals surface area (Å²) in [4.78, 5) is 11.0. The topological polar surface area (TPSA) is 64.3 Å². The predicted octanol–water partition coefficient (Wildman–Crippen LogP) is 1.93. The minimum atomic E-state index is -0.451. The van der Waals surface area contributed by atoms with E-state index >= 15 is 0 Å². The number of amides is 1. The fraction of sp³-hybridized carbons (Fsp3) is 0.417. The van der Waals surface area contributed by atoms with E-state index in [1.165, 1.54) is 0 Å². The van der Waals surface area contributed by atoms with Crippen molar-refractivity contribution in [1.82, 2.24) is 5.32 Å². The summed E-state index contributed by atoms with van der Waals surface area (Å²) in [5, 5.41) is 3.24. The van der Waals surface area contributed by atoms with Gasteiger partial charge in [0, 0.05) is 11.0 Å². The molecule has 0 aliphatic carbocycles. The summed E-state index contributed by atoms with van der Waals surface area (Å²) in [7, 11) is 0. The van der Waals surface area contributed by atoms with Gasteiger partial charge in [0.05, 0.1) is 5.56 Å². The second-order valence-corrected chi connectivity index (χ2v) is 4.46. The van der Waals surface area contributed by atoms with Gasteiger partial charge in [0.25, 0.3) is 0 Å². The average Bonchev–Trinajstić information content (AvgIpc) is 2.28. The van der Waals surface area contributed by atoms with Crippen LogP contribution in [0.25, 0.3) is 0 Å². The fourth-order valence-corrected chi connectivity index (χ4v) is 1.88. The van der Waals surface area contributed by atoms with Gasteiger partial charge in [-0.1, -0.05) is 6.92 Å². The molecule has 3 N–H and O–H groups in total. The van der Waals surface area contributed by atoms with Crippen LogP contribution in [0.1, 0.15) is 23.7 Å². The monoisotopic (exact) mass is 300 g/mol. The number of carbonyl (C=O) groups is 1. The molecule has 1 aromatic carbocycles. The van der Waals surface area contributed by atoms with Crippen LogP contribution in [0.4, 0.5) is 0 Å². The summed E-state index contributed by atoms with van der Waals surface area (Å²) in [5.74, 6) is 0.271. The van der Waals surface area contributed by atoms with Crippen molar-refractivity contribution in [2.24, 2.45) is 5.73 Å². The Morgan fingerprint density at radius 3 is 2.82 bits per heavy atom. The Hall–Kier alpha value is -1.07. The number of hydrogen-bond acceptors (Lipinski definition) is 3. The number of carbonyl (C=O) groups excluding carboxylic acids is 1. The highest BCUT2D eigenvalue weighted by Crippen LogP contribution is 2.22. The molecule has 0 aliphatic heterocycles. The maximum absolute atomic E-state index is 11.0. The van der Waals surface area contributed by atoms with Crippen LogP contribution in [0.2, 0.25) is 0 Å². The van der Waals surface area contributed by atoms with Gasteiger partial charge in [-0.2, -0.15) is 0 Å². The highest BCUT2D eigenvalue weighted by Gasteiger charge is 2.06. The third kappa shape index (κ3) is 4.75. The van der Waals surface area contributed by atoms with Crippen LogP contribution >= 0.6 is 15.9 Å². The third-order valence-corrected chi connectivity index (χ3v) is 2.84. The molecule has 0 spiro atoms. The lowest BCUT2D eigenvalue weighted by molar-refractivity contribution is 0.0999. The second kappa shape index (κ2) is 7.29. The van der Waals surface area contributed by atoms with Crippen molar-refractivity contribution >= 4 is 21.8 Å². The molecule has 1 rings (SSSR count). The van der Waals surface area contributed by atoms with Gasteiger partial charge in [0.2, 0.25) is 5.91 Å². The van der Waals surface area contributed by atoms with Gasteiger partial charge < -0.3 is 15.8 Å². The van der Waals surface area contributed by atoms with Crippen LogP contribution in [0.5, 0.6) is 5.75 Å². The van der Waals surface area contributed by atoms with Crippen LogP contribution in [-0.4, -0.2) is 25.6 Å². The van der Waals surface area contributed by atoms with E-state index in [1.54, 1.807) is 18.2 Å². The van der Waals surface area contributed by atoms with Gasteiger partial charge in [-0.25, -0.2) is 0 Å². The number of primary amides is 1. The second-order valence-electron chi connectivity index (χ2n) is 3.60. The van der Waals surface area contributed by atoms with E-state index in [0.29, 0.717) is 16.6 Å². The molecule has 0 bridgehead atoms. The first-order chi connectivity index (χ1) is 8.15. The zero-order valence-electron chi connectivity index (χ0n) is 9.83. The molecule has 0 saturated carbocycles. The summed E-state index contributed by atoms with van der Waals surface area (Å²) >= 11 is 3.29. The van der Waals surface area contributed by atoms with Crippen molar-refractivity contribution in [3.63, 3.8) is 0 Å². The van der Waals surface area contributed by atoms with Crippen molar-refractivity contribution in [1.29, 1.82) is 0 Å². The lowest BCUT2D eigenvalue weighted by atomic mass is 10.2. The van der Waals surface area contributed by atoms with Gasteiger partial charge in [0.15, 0.2) is 0 Å². The van der Waals surface area contributed by atoms with Crippen LogP contribution < -0.4 is 15.8 Å². The average molecular weight is 301 g/mol. The Morgan fingerprint density at radius 2 is 2.24 bits per heavy atom. The fourth-order valence-electron chi connectivity index (χ4n) is 1.33. The molecule has 0 atom stereocenters. The predicted molar refractivity (Wildman–Crippen MR) is 71.3 cm³/mol. The zero-order valence-corrected chi connectivity index (χ0v) is 11.4. The van der Waals surface area contributed by atoms with Gasteiger partial charge in [-0.3, -0.25) is 4.79 Å². The maximum Gasteiger partial charge on any atom is 0.249 e. The molecule has 0 fully saturated rings. The van der Waals surface area contributed by atoms with Crippen molar-refractivity contribution in [3.8, 4) is 5.75 Å². The van der Waals surface area contributed by atoms with E-state index < -0.39 is 5.91 Å². The molecule has 5 heteroatoms. The van der Waals surface area contributed by atoms with Gasteiger partial charge in [0.1, 0.15) is 12.4 Å². The van der Waals surface area contributed by atoms with E-state index in [9.17, 15) is 4.79 Å². The molecule has 0 aliphatic rings. The maximum atomic E-state index is 11.0. The van der Waals surface area contributed by atoms with E-state index in [2.05, 4.69) is 28.2 Å². The Morgan fingerprint density at radius 1 is 1.47 bits per heavy atom. The zero-order chi connectivity index (χ0) is 12.7. The Labute approximate surface area is 110 Å². The first-order valence-electron chi connectivity index (χ1n) is 5.58. The lowest BCUT2D eigenvalue weighted by Crippen LogP contribution is -2.21. The molecule has 0 unspecified atom stereocenters. The molecule has 0 saturated heterocycles. The van der Waals surface area contributed by atoms with Gasteiger partial charge in [-0.05, 0) is 47.1 Å². The smallest absolute Gasteiger partial charge is 0.249 e. The molecular formula is C12H17BrN2O2. The van der Waals surface area contributed by atoms with Crippen molar-refractivity contribution in [2.75, 3.05) is 19.7 Å². The number of halogens is 1. The van der Waals surface area contributed by atoms with Crippen LogP contribution in [0, 0.1) is 0 Å². The number of nitrogens with one attached hydrogen (secondary N) is 1. The SMILES string of the molecule is CCCNCCOc1ccc(C(N)=O)c(Br)c1. The van der Waals surface area contributed by atoms with E-state index in [-0.39, 0.29) is 0 Å². The summed E-state index contributed by atoms with van der Waals surface area (Å²) < 4.78 is 6.18. The number of hydrogen-bond donors (Lipinski definition) is 2. The van der Waals surface area contributed by atoms with Crippen molar-refractivity contribution in [2.45, 2.75) is 13.3 Å². The highest BCUT2D eigenvalue weighted by molar-refractivity contribution is 9.10. The molecule has 0 aromatic heterocycles. The highest BCUT2D eigenvalue weighted by atomic mass is 79.9. The van der Waals surface area contributed by atoms with Crippen LogP contribution in [0.15, 0.2) is 22.7 Å². The van der Waals surface area contributed by atoms with Gasteiger partial charge >= 0.3 is 0 Å². The molecule has 1 amide bonds. The van der Waals surface area contributed by atoms with E-state index in [1.807, 2.05) is 0 Å². The quantitative estimate of drug-likeness (QED) is 0.756. The lowest BCUT2D eigenvalue weighted by Gasteiger charge is -2.08. The Balaban J connectivity index is 2.45. The standard InChI is InChI=1S/C12H17BrN2O2/c1-2-5-15-6-7-17-9-3-4-10(12(14)16)11(13)8-9/h3-4,8,15H,2,5-7H2,1H3,(H2,14,16). The molecule has 94 valence electrons. The van der Waals surface area contributed by atoms with Crippen molar-refractivity contribution in [3.05, 3.63) is 28.2 Å². The molecular weight excluding hydrogens is 284 g/mol. The normalized spacial score (nSPS) is 10.2. The molecule has 0 heterocycles. The minimum absolute atomic E-state index is 0.451. The minimum Gasteiger partial charge on any atom is -0.492 e. The number of rotatable bonds is 7. The molecule has 0 radical (unpaired) electrons. The molecule has 17 heavy (non-hydrogen) atoms. The summed E-state index contributed by atoms with van der Waals surface area (Å²) in [6.45, 7) is 4.52. The first-order valence-corrected chi connectivity index (χ1v) is 6.37. The first kappa shape index (κ1) is 14.0.